The molecule has 0 spiro atoms. The van der Waals surface area contributed by atoms with Crippen LogP contribution in [0.1, 0.15) is 22.8 Å². The molecular formula is C25H18N2O. The van der Waals surface area contributed by atoms with Gasteiger partial charge >= 0.3 is 0 Å². The number of pyridine rings is 1. The lowest BCUT2D eigenvalue weighted by atomic mass is 9.94. The molecule has 0 N–H and O–H groups in total. The Morgan fingerprint density at radius 1 is 0.786 bits per heavy atom. The van der Waals surface area contributed by atoms with Crippen LogP contribution in [0.2, 0.25) is 0 Å². The number of hydrogen-bond donors (Lipinski definition) is 0. The molecule has 0 saturated heterocycles. The van der Waals surface area contributed by atoms with Gasteiger partial charge in [-0.2, -0.15) is 5.26 Å². The summed E-state index contributed by atoms with van der Waals surface area (Å²) in [6.45, 7) is 0. The molecule has 3 aromatic carbocycles. The van der Waals surface area contributed by atoms with E-state index in [1.165, 1.54) is 0 Å². The zero-order valence-electron chi connectivity index (χ0n) is 15.2. The summed E-state index contributed by atoms with van der Waals surface area (Å²) in [5, 5.41) is 9.57. The Balaban J connectivity index is 1.81. The first-order valence-corrected chi connectivity index (χ1v) is 9.06. The second-order valence-electron chi connectivity index (χ2n) is 6.38. The number of ether oxygens (including phenoxy) is 1. The van der Waals surface area contributed by atoms with Crippen molar-refractivity contribution in [2.75, 3.05) is 0 Å². The van der Waals surface area contributed by atoms with Crippen molar-refractivity contribution < 1.29 is 4.74 Å². The minimum atomic E-state index is -0.327. The molecule has 3 nitrogen and oxygen atoms in total. The van der Waals surface area contributed by atoms with Crippen LogP contribution < -0.4 is 4.74 Å². The summed E-state index contributed by atoms with van der Waals surface area (Å²) in [5.41, 5.74) is 4.46. The number of para-hydroxylation sites is 1. The fourth-order valence-electron chi connectivity index (χ4n) is 3.17. The van der Waals surface area contributed by atoms with Gasteiger partial charge in [-0.25, -0.2) is 0 Å². The molecular weight excluding hydrogens is 344 g/mol. The van der Waals surface area contributed by atoms with Gasteiger partial charge in [0, 0.05) is 18.0 Å². The molecule has 0 bridgehead atoms. The van der Waals surface area contributed by atoms with Crippen molar-refractivity contribution in [2.45, 2.75) is 6.10 Å². The molecule has 1 atom stereocenters. The lowest BCUT2D eigenvalue weighted by molar-refractivity contribution is 0.247. The van der Waals surface area contributed by atoms with Crippen molar-refractivity contribution in [2.24, 2.45) is 0 Å². The van der Waals surface area contributed by atoms with E-state index in [9.17, 15) is 5.26 Å². The Morgan fingerprint density at radius 3 is 2.21 bits per heavy atom. The smallest absolute Gasteiger partial charge is 0.150 e. The van der Waals surface area contributed by atoms with Crippen molar-refractivity contribution in [3.05, 3.63) is 120 Å². The number of nitriles is 1. The van der Waals surface area contributed by atoms with Gasteiger partial charge in [0.05, 0.1) is 11.6 Å². The van der Waals surface area contributed by atoms with Crippen molar-refractivity contribution in [3.63, 3.8) is 0 Å². The summed E-state index contributed by atoms with van der Waals surface area (Å²) in [6, 6.07) is 31.7. The van der Waals surface area contributed by atoms with Gasteiger partial charge in [0.2, 0.25) is 0 Å². The molecule has 0 aliphatic carbocycles. The third-order valence-electron chi connectivity index (χ3n) is 4.54. The minimum absolute atomic E-state index is 0.327. The zero-order chi connectivity index (χ0) is 19.2. The fourth-order valence-corrected chi connectivity index (χ4v) is 3.17. The number of rotatable bonds is 5. The predicted molar refractivity (Wildman–Crippen MR) is 110 cm³/mol. The van der Waals surface area contributed by atoms with E-state index in [0.29, 0.717) is 5.56 Å². The molecule has 134 valence electrons. The van der Waals surface area contributed by atoms with Gasteiger partial charge in [-0.1, -0.05) is 60.7 Å². The SMILES string of the molecule is N#Cc1ccc(C(Oc2ccccc2)c2cccnc2)cc1-c1ccccc1. The second kappa shape index (κ2) is 8.20. The maximum atomic E-state index is 9.57. The van der Waals surface area contributed by atoms with E-state index in [-0.39, 0.29) is 6.10 Å². The van der Waals surface area contributed by atoms with Crippen LogP contribution in [0.25, 0.3) is 11.1 Å². The monoisotopic (exact) mass is 362 g/mol. The Bertz CT molecular complexity index is 1090. The summed E-state index contributed by atoms with van der Waals surface area (Å²) in [7, 11) is 0. The topological polar surface area (TPSA) is 45.9 Å². The minimum Gasteiger partial charge on any atom is -0.481 e. The molecule has 0 aliphatic rings. The highest BCUT2D eigenvalue weighted by atomic mass is 16.5. The van der Waals surface area contributed by atoms with Gasteiger partial charge in [-0.05, 0) is 47.0 Å². The summed E-state index contributed by atoms with van der Waals surface area (Å²) in [4.78, 5) is 4.25. The van der Waals surface area contributed by atoms with Gasteiger partial charge in [0.25, 0.3) is 0 Å². The van der Waals surface area contributed by atoms with Gasteiger partial charge in [0.1, 0.15) is 5.75 Å². The first-order valence-electron chi connectivity index (χ1n) is 9.06. The van der Waals surface area contributed by atoms with Crippen LogP contribution in [0.15, 0.2) is 103 Å². The van der Waals surface area contributed by atoms with Crippen LogP contribution in [0, 0.1) is 11.3 Å². The van der Waals surface area contributed by atoms with Crippen molar-refractivity contribution in [1.29, 1.82) is 5.26 Å². The molecule has 4 rings (SSSR count). The van der Waals surface area contributed by atoms with E-state index in [2.05, 4.69) is 11.1 Å². The van der Waals surface area contributed by atoms with Gasteiger partial charge < -0.3 is 4.74 Å². The summed E-state index contributed by atoms with van der Waals surface area (Å²) >= 11 is 0. The third kappa shape index (κ3) is 3.77. The number of hydrogen-bond acceptors (Lipinski definition) is 3. The van der Waals surface area contributed by atoms with E-state index in [0.717, 1.165) is 28.0 Å². The van der Waals surface area contributed by atoms with Crippen LogP contribution in [0.3, 0.4) is 0 Å². The van der Waals surface area contributed by atoms with Gasteiger partial charge in [-0.3, -0.25) is 4.98 Å². The van der Waals surface area contributed by atoms with Crippen LogP contribution in [0.5, 0.6) is 5.75 Å². The average molecular weight is 362 g/mol. The Kier molecular flexibility index (Phi) is 5.13. The van der Waals surface area contributed by atoms with E-state index in [1.807, 2.05) is 97.2 Å². The van der Waals surface area contributed by atoms with Gasteiger partial charge in [0.15, 0.2) is 6.10 Å². The lowest BCUT2D eigenvalue weighted by Crippen LogP contribution is -2.10. The third-order valence-corrected chi connectivity index (χ3v) is 4.54. The van der Waals surface area contributed by atoms with E-state index < -0.39 is 0 Å². The molecule has 4 aromatic rings. The highest BCUT2D eigenvalue weighted by molar-refractivity contribution is 5.71. The molecule has 0 fully saturated rings. The summed E-state index contributed by atoms with van der Waals surface area (Å²) in [5.74, 6) is 0.780. The van der Waals surface area contributed by atoms with Crippen LogP contribution >= 0.6 is 0 Å². The Morgan fingerprint density at radius 2 is 1.54 bits per heavy atom. The quantitative estimate of drug-likeness (QED) is 0.451. The molecule has 1 unspecified atom stereocenters. The van der Waals surface area contributed by atoms with Crippen LogP contribution in [-0.4, -0.2) is 4.98 Å². The van der Waals surface area contributed by atoms with E-state index >= 15 is 0 Å². The summed E-state index contributed by atoms with van der Waals surface area (Å²) in [6.07, 6.45) is 3.23. The largest absolute Gasteiger partial charge is 0.481 e. The lowest BCUT2D eigenvalue weighted by Gasteiger charge is -2.21. The number of nitrogens with zero attached hydrogens (tertiary/aromatic N) is 2. The Hall–Kier alpha value is -3.90. The highest BCUT2D eigenvalue weighted by Gasteiger charge is 2.18. The first kappa shape index (κ1) is 17.5. The molecule has 0 amide bonds. The fraction of sp³-hybridized carbons (Fsp3) is 0.0400. The zero-order valence-corrected chi connectivity index (χ0v) is 15.2. The van der Waals surface area contributed by atoms with E-state index in [4.69, 9.17) is 4.74 Å². The molecule has 3 heteroatoms. The Labute approximate surface area is 164 Å². The van der Waals surface area contributed by atoms with E-state index in [1.54, 1.807) is 6.20 Å². The van der Waals surface area contributed by atoms with Crippen LogP contribution in [-0.2, 0) is 0 Å². The highest BCUT2D eigenvalue weighted by Crippen LogP contribution is 2.32. The normalized spacial score (nSPS) is 11.4. The maximum absolute atomic E-state index is 9.57. The van der Waals surface area contributed by atoms with Crippen molar-refractivity contribution >= 4 is 0 Å². The maximum Gasteiger partial charge on any atom is 0.150 e. The average Bonchev–Trinajstić information content (AvgIpc) is 2.79. The molecule has 0 radical (unpaired) electrons. The molecule has 1 heterocycles. The summed E-state index contributed by atoms with van der Waals surface area (Å²) < 4.78 is 6.33. The second-order valence-corrected chi connectivity index (χ2v) is 6.38. The molecule has 28 heavy (non-hydrogen) atoms. The molecule has 0 aliphatic heterocycles. The predicted octanol–water partition coefficient (Wildman–Crippen LogP) is 5.79. The van der Waals surface area contributed by atoms with Gasteiger partial charge in [-0.15, -0.1) is 0 Å². The first-order chi connectivity index (χ1) is 13.8. The van der Waals surface area contributed by atoms with Crippen molar-refractivity contribution in [1.82, 2.24) is 4.98 Å². The van der Waals surface area contributed by atoms with Crippen LogP contribution in [0.4, 0.5) is 0 Å². The van der Waals surface area contributed by atoms with Crippen molar-refractivity contribution in [3.8, 4) is 22.9 Å². The number of aromatic nitrogens is 1. The number of benzene rings is 3. The standard InChI is InChI=1S/C25H18N2O/c26-17-21-14-13-20(16-24(21)19-8-3-1-4-9-19)25(22-10-7-15-27-18-22)28-23-11-5-2-6-12-23/h1-16,18,25H. The molecule has 0 saturated carbocycles. The molecule has 1 aromatic heterocycles.